The first kappa shape index (κ1) is 23.2. The molecule has 1 aromatic heterocycles. The van der Waals surface area contributed by atoms with Crippen LogP contribution < -0.4 is 11.2 Å². The molecule has 1 aliphatic carbocycles. The van der Waals surface area contributed by atoms with Crippen molar-refractivity contribution >= 4 is 11.4 Å². The standard InChI is InChI=1S/C26H37N3O2.H2/c1-5-17-28-23(8-4)24(25(30)29(18-6-2)26(28)31)27-22(7-3)21-16-12-15-20(21)19-13-10-9-11-14-19;/h9-11,13-14,20-21H,5-8,12,15-18H2,1-4H3;1H/t20-,21+;/m1./s1. The Labute approximate surface area is 187 Å². The SMILES string of the molecule is CCCn1c(CC)c(N=C(CC)[C@H]2CCC[C@@H]2c2ccccc2)c(=O)n(CCC)c1=O.[HH]. The summed E-state index contributed by atoms with van der Waals surface area (Å²) in [6.45, 7) is 9.25. The van der Waals surface area contributed by atoms with E-state index < -0.39 is 0 Å². The van der Waals surface area contributed by atoms with Gasteiger partial charge in [-0.3, -0.25) is 13.9 Å². The molecule has 0 radical (unpaired) electrons. The lowest BCUT2D eigenvalue weighted by atomic mass is 9.84. The van der Waals surface area contributed by atoms with Crippen LogP contribution in [0.25, 0.3) is 0 Å². The van der Waals surface area contributed by atoms with E-state index in [-0.39, 0.29) is 12.7 Å². The normalized spacial score (nSPS) is 19.2. The fraction of sp³-hybridized carbons (Fsp3) is 0.577. The molecule has 1 fully saturated rings. The zero-order chi connectivity index (χ0) is 22.4. The minimum Gasteiger partial charge on any atom is -0.295 e. The van der Waals surface area contributed by atoms with Crippen molar-refractivity contribution in [2.75, 3.05) is 0 Å². The lowest BCUT2D eigenvalue weighted by Crippen LogP contribution is -2.41. The van der Waals surface area contributed by atoms with Gasteiger partial charge in [0.15, 0.2) is 0 Å². The summed E-state index contributed by atoms with van der Waals surface area (Å²) in [4.78, 5) is 31.5. The molecule has 2 atom stereocenters. The second-order valence-electron chi connectivity index (χ2n) is 8.55. The molecular formula is C26H39N3O2. The van der Waals surface area contributed by atoms with Gasteiger partial charge in [0.1, 0.15) is 5.69 Å². The van der Waals surface area contributed by atoms with Crippen molar-refractivity contribution in [3.8, 4) is 0 Å². The maximum absolute atomic E-state index is 13.4. The lowest BCUT2D eigenvalue weighted by Gasteiger charge is -2.23. The molecule has 5 heteroatoms. The summed E-state index contributed by atoms with van der Waals surface area (Å²) >= 11 is 0. The summed E-state index contributed by atoms with van der Waals surface area (Å²) in [5, 5.41) is 0. The van der Waals surface area contributed by atoms with E-state index in [2.05, 4.69) is 44.2 Å². The monoisotopic (exact) mass is 425 g/mol. The van der Waals surface area contributed by atoms with Gasteiger partial charge < -0.3 is 0 Å². The van der Waals surface area contributed by atoms with Gasteiger partial charge in [0.2, 0.25) is 0 Å². The maximum Gasteiger partial charge on any atom is 0.331 e. The van der Waals surface area contributed by atoms with Gasteiger partial charge in [-0.05, 0) is 50.0 Å². The number of hydrogen-bond acceptors (Lipinski definition) is 3. The highest BCUT2D eigenvalue weighted by atomic mass is 16.2. The molecule has 5 nitrogen and oxygen atoms in total. The third kappa shape index (κ3) is 4.76. The largest absolute Gasteiger partial charge is 0.331 e. The zero-order valence-electron chi connectivity index (χ0n) is 19.6. The van der Waals surface area contributed by atoms with Crippen molar-refractivity contribution in [2.24, 2.45) is 10.9 Å². The van der Waals surface area contributed by atoms with Crippen LogP contribution in [0.5, 0.6) is 0 Å². The maximum atomic E-state index is 13.4. The van der Waals surface area contributed by atoms with Gasteiger partial charge in [0.25, 0.3) is 5.56 Å². The van der Waals surface area contributed by atoms with Crippen molar-refractivity contribution in [1.29, 1.82) is 0 Å². The van der Waals surface area contributed by atoms with Crippen LogP contribution in [0.3, 0.4) is 0 Å². The zero-order valence-corrected chi connectivity index (χ0v) is 19.6. The molecular weight excluding hydrogens is 386 g/mol. The van der Waals surface area contributed by atoms with E-state index in [1.165, 1.54) is 16.6 Å². The third-order valence-electron chi connectivity index (χ3n) is 6.53. The Morgan fingerprint density at radius 1 is 1.00 bits per heavy atom. The fourth-order valence-electron chi connectivity index (χ4n) is 5.10. The molecule has 1 saturated carbocycles. The molecule has 0 saturated heterocycles. The van der Waals surface area contributed by atoms with Gasteiger partial charge in [-0.15, -0.1) is 0 Å². The predicted molar refractivity (Wildman–Crippen MR) is 131 cm³/mol. The Kier molecular flexibility index (Phi) is 8.05. The Morgan fingerprint density at radius 3 is 2.29 bits per heavy atom. The molecule has 0 bridgehead atoms. The van der Waals surface area contributed by atoms with E-state index in [0.29, 0.717) is 37.0 Å². The van der Waals surface area contributed by atoms with Crippen molar-refractivity contribution in [3.63, 3.8) is 0 Å². The number of aromatic nitrogens is 2. The van der Waals surface area contributed by atoms with Gasteiger partial charge >= 0.3 is 5.69 Å². The number of rotatable bonds is 9. The Hall–Kier alpha value is -2.43. The predicted octanol–water partition coefficient (Wildman–Crippen LogP) is 5.70. The minimum absolute atomic E-state index is 0. The van der Waals surface area contributed by atoms with Gasteiger partial charge in [0, 0.05) is 26.1 Å². The minimum atomic E-state index is -0.226. The molecule has 31 heavy (non-hydrogen) atoms. The molecule has 3 rings (SSSR count). The lowest BCUT2D eigenvalue weighted by molar-refractivity contribution is 0.525. The Bertz CT molecular complexity index is 1020. The second-order valence-corrected chi connectivity index (χ2v) is 8.55. The second kappa shape index (κ2) is 10.7. The quantitative estimate of drug-likeness (QED) is 0.484. The molecule has 0 N–H and O–H groups in total. The van der Waals surface area contributed by atoms with Gasteiger partial charge in [-0.1, -0.05) is 64.4 Å². The smallest absolute Gasteiger partial charge is 0.295 e. The van der Waals surface area contributed by atoms with Crippen molar-refractivity contribution in [3.05, 3.63) is 62.4 Å². The van der Waals surface area contributed by atoms with Crippen LogP contribution in [0.1, 0.15) is 84.8 Å². The fourth-order valence-corrected chi connectivity index (χ4v) is 5.10. The van der Waals surface area contributed by atoms with Crippen LogP contribution >= 0.6 is 0 Å². The third-order valence-corrected chi connectivity index (χ3v) is 6.53. The topological polar surface area (TPSA) is 56.4 Å². The number of aliphatic imine (C=N–C) groups is 1. The van der Waals surface area contributed by atoms with Crippen LogP contribution in [0.4, 0.5) is 5.69 Å². The van der Waals surface area contributed by atoms with Crippen LogP contribution in [0.15, 0.2) is 44.9 Å². The number of benzene rings is 1. The Balaban J connectivity index is 0.00000363. The van der Waals surface area contributed by atoms with E-state index in [1.807, 2.05) is 13.8 Å². The van der Waals surface area contributed by atoms with E-state index in [9.17, 15) is 9.59 Å². The van der Waals surface area contributed by atoms with Crippen LogP contribution in [-0.4, -0.2) is 14.8 Å². The van der Waals surface area contributed by atoms with Crippen LogP contribution in [0.2, 0.25) is 0 Å². The number of hydrogen-bond donors (Lipinski definition) is 0. The van der Waals surface area contributed by atoms with Gasteiger partial charge in [-0.25, -0.2) is 9.79 Å². The van der Waals surface area contributed by atoms with Crippen LogP contribution in [0, 0.1) is 5.92 Å². The van der Waals surface area contributed by atoms with Gasteiger partial charge in [-0.2, -0.15) is 0 Å². The van der Waals surface area contributed by atoms with Crippen LogP contribution in [-0.2, 0) is 19.5 Å². The van der Waals surface area contributed by atoms with Crippen molar-refractivity contribution < 1.29 is 1.43 Å². The highest BCUT2D eigenvalue weighted by Gasteiger charge is 2.32. The average molecular weight is 426 g/mol. The van der Waals surface area contributed by atoms with E-state index in [4.69, 9.17) is 4.99 Å². The highest BCUT2D eigenvalue weighted by Crippen LogP contribution is 2.41. The average Bonchev–Trinajstić information content (AvgIpc) is 3.28. The molecule has 1 heterocycles. The molecule has 0 spiro atoms. The molecule has 0 unspecified atom stereocenters. The summed E-state index contributed by atoms with van der Waals surface area (Å²) < 4.78 is 3.18. The number of nitrogens with zero attached hydrogens (tertiary/aromatic N) is 3. The summed E-state index contributed by atoms with van der Waals surface area (Å²) in [6, 6.07) is 10.7. The van der Waals surface area contributed by atoms with Gasteiger partial charge in [0.05, 0.1) is 5.69 Å². The van der Waals surface area contributed by atoms with Crippen molar-refractivity contribution in [2.45, 2.75) is 91.6 Å². The van der Waals surface area contributed by atoms with Crippen molar-refractivity contribution in [1.82, 2.24) is 9.13 Å². The molecule has 1 aromatic carbocycles. The first-order valence-corrected chi connectivity index (χ1v) is 12.1. The molecule has 170 valence electrons. The van der Waals surface area contributed by atoms with E-state index in [0.717, 1.165) is 43.5 Å². The summed E-state index contributed by atoms with van der Waals surface area (Å²) in [5.41, 5.74) is 3.31. The summed E-state index contributed by atoms with van der Waals surface area (Å²) in [7, 11) is 0. The van der Waals surface area contributed by atoms with E-state index in [1.54, 1.807) is 4.57 Å². The summed E-state index contributed by atoms with van der Waals surface area (Å²) in [6.07, 6.45) is 6.47. The molecule has 2 aromatic rings. The molecule has 0 amide bonds. The Morgan fingerprint density at radius 2 is 1.68 bits per heavy atom. The highest BCUT2D eigenvalue weighted by molar-refractivity contribution is 5.90. The molecule has 1 aliphatic rings. The molecule has 0 aliphatic heterocycles. The first-order valence-electron chi connectivity index (χ1n) is 12.1. The summed E-state index contributed by atoms with van der Waals surface area (Å²) in [5.74, 6) is 0.798. The van der Waals surface area contributed by atoms with E-state index >= 15 is 0 Å². The first-order chi connectivity index (χ1) is 15.1.